The van der Waals surface area contributed by atoms with Crippen molar-refractivity contribution in [3.8, 4) is 0 Å². The summed E-state index contributed by atoms with van der Waals surface area (Å²) in [6.45, 7) is 8.77. The minimum absolute atomic E-state index is 0.248. The molecule has 0 spiro atoms. The first-order valence-electron chi connectivity index (χ1n) is 6.58. The van der Waals surface area contributed by atoms with Gasteiger partial charge in [0.25, 0.3) is 0 Å². The van der Waals surface area contributed by atoms with Gasteiger partial charge >= 0.3 is 0 Å². The summed E-state index contributed by atoms with van der Waals surface area (Å²) in [4.78, 5) is 2.54. The first-order chi connectivity index (χ1) is 8.04. The molecule has 17 heavy (non-hydrogen) atoms. The normalized spacial score (nSPS) is 23.8. The maximum atomic E-state index is 5.84. The molecule has 2 nitrogen and oxygen atoms in total. The molecule has 0 saturated carbocycles. The predicted octanol–water partition coefficient (Wildman–Crippen LogP) is 2.95. The maximum Gasteiger partial charge on any atom is 0.0400 e. The number of hydrogen-bond acceptors (Lipinski definition) is 2. The van der Waals surface area contributed by atoms with E-state index in [-0.39, 0.29) is 5.54 Å². The molecule has 1 aromatic rings. The Morgan fingerprint density at radius 1 is 1.35 bits per heavy atom. The first kappa shape index (κ1) is 12.4. The van der Waals surface area contributed by atoms with Gasteiger partial charge in [-0.3, -0.25) is 0 Å². The molecule has 2 rings (SSSR count). The van der Waals surface area contributed by atoms with Gasteiger partial charge in [0, 0.05) is 17.8 Å². The van der Waals surface area contributed by atoms with Crippen LogP contribution < -0.4 is 10.6 Å². The van der Waals surface area contributed by atoms with Crippen LogP contribution in [-0.2, 0) is 0 Å². The van der Waals surface area contributed by atoms with Crippen LogP contribution in [0, 0.1) is 12.8 Å². The third-order valence-electron chi connectivity index (χ3n) is 4.08. The molecule has 0 amide bonds. The number of anilines is 1. The van der Waals surface area contributed by atoms with E-state index in [0.29, 0.717) is 5.92 Å². The highest BCUT2D eigenvalue weighted by Crippen LogP contribution is 2.35. The second-order valence-corrected chi connectivity index (χ2v) is 5.85. The second kappa shape index (κ2) is 4.69. The topological polar surface area (TPSA) is 29.3 Å². The van der Waals surface area contributed by atoms with Gasteiger partial charge in [-0.15, -0.1) is 0 Å². The molecule has 1 fully saturated rings. The van der Waals surface area contributed by atoms with Crippen molar-refractivity contribution in [1.82, 2.24) is 0 Å². The molecule has 1 atom stereocenters. The van der Waals surface area contributed by atoms with Crippen molar-refractivity contribution in [2.45, 2.75) is 39.2 Å². The van der Waals surface area contributed by atoms with Crippen LogP contribution >= 0.6 is 0 Å². The minimum Gasteiger partial charge on any atom is -0.366 e. The molecule has 94 valence electrons. The van der Waals surface area contributed by atoms with Crippen molar-refractivity contribution < 1.29 is 0 Å². The summed E-state index contributed by atoms with van der Waals surface area (Å²) in [6, 6.07) is 8.66. The van der Waals surface area contributed by atoms with E-state index < -0.39 is 0 Å². The largest absolute Gasteiger partial charge is 0.366 e. The second-order valence-electron chi connectivity index (χ2n) is 5.85. The number of aryl methyl sites for hydroxylation is 1. The molecule has 1 saturated heterocycles. The average Bonchev–Trinajstić information content (AvgIpc) is 2.30. The molecule has 2 N–H and O–H groups in total. The number of benzene rings is 1. The lowest BCUT2D eigenvalue weighted by Gasteiger charge is -2.47. The zero-order valence-corrected chi connectivity index (χ0v) is 11.2. The lowest BCUT2D eigenvalue weighted by Crippen LogP contribution is -2.52. The fourth-order valence-corrected chi connectivity index (χ4v) is 2.77. The van der Waals surface area contributed by atoms with Gasteiger partial charge in [0.15, 0.2) is 0 Å². The van der Waals surface area contributed by atoms with Gasteiger partial charge < -0.3 is 10.6 Å². The fraction of sp³-hybridized carbons (Fsp3) is 0.600. The molecule has 1 aromatic carbocycles. The van der Waals surface area contributed by atoms with Gasteiger partial charge in [-0.1, -0.05) is 18.2 Å². The third kappa shape index (κ3) is 2.47. The van der Waals surface area contributed by atoms with E-state index in [1.165, 1.54) is 24.1 Å². The highest BCUT2D eigenvalue weighted by atomic mass is 15.2. The quantitative estimate of drug-likeness (QED) is 0.849. The van der Waals surface area contributed by atoms with Crippen LogP contribution in [0.15, 0.2) is 24.3 Å². The Kier molecular flexibility index (Phi) is 3.43. The summed E-state index contributed by atoms with van der Waals surface area (Å²) in [5.41, 5.74) is 8.82. The minimum atomic E-state index is 0.248. The van der Waals surface area contributed by atoms with Crippen LogP contribution in [0.3, 0.4) is 0 Å². The van der Waals surface area contributed by atoms with Gasteiger partial charge in [-0.25, -0.2) is 0 Å². The molecular formula is C15H24N2. The molecule has 0 aliphatic carbocycles. The Bertz CT molecular complexity index is 384. The van der Waals surface area contributed by atoms with Gasteiger partial charge in [0.2, 0.25) is 0 Å². The molecule has 1 unspecified atom stereocenters. The molecular weight excluding hydrogens is 208 g/mol. The van der Waals surface area contributed by atoms with Crippen molar-refractivity contribution in [3.63, 3.8) is 0 Å². The average molecular weight is 232 g/mol. The number of rotatable bonds is 2. The van der Waals surface area contributed by atoms with E-state index in [0.717, 1.165) is 13.1 Å². The van der Waals surface area contributed by atoms with Crippen molar-refractivity contribution in [3.05, 3.63) is 29.8 Å². The number of nitrogens with zero attached hydrogens (tertiary/aromatic N) is 1. The fourth-order valence-electron chi connectivity index (χ4n) is 2.77. The van der Waals surface area contributed by atoms with Crippen LogP contribution in [0.1, 0.15) is 32.3 Å². The standard InChI is InChI=1S/C15H24N2/c1-12-6-4-5-7-14(12)17-11-13(10-16)8-9-15(17,2)3/h4-7,13H,8-11,16H2,1-3H3. The lowest BCUT2D eigenvalue weighted by atomic mass is 9.84. The molecule has 0 aromatic heterocycles. The summed E-state index contributed by atoms with van der Waals surface area (Å²) in [7, 11) is 0. The number of nitrogens with two attached hydrogens (primary N) is 1. The van der Waals surface area contributed by atoms with Crippen LogP contribution in [-0.4, -0.2) is 18.6 Å². The van der Waals surface area contributed by atoms with Gasteiger partial charge in [-0.05, 0) is 57.7 Å². The van der Waals surface area contributed by atoms with E-state index in [1.54, 1.807) is 0 Å². The van der Waals surface area contributed by atoms with Crippen LogP contribution in [0.2, 0.25) is 0 Å². The van der Waals surface area contributed by atoms with E-state index in [9.17, 15) is 0 Å². The van der Waals surface area contributed by atoms with E-state index in [4.69, 9.17) is 5.73 Å². The zero-order valence-electron chi connectivity index (χ0n) is 11.2. The summed E-state index contributed by atoms with van der Waals surface area (Å²) in [6.07, 6.45) is 2.48. The molecule has 2 heteroatoms. The monoisotopic (exact) mass is 232 g/mol. The zero-order chi connectivity index (χ0) is 12.5. The summed E-state index contributed by atoms with van der Waals surface area (Å²) in [5, 5.41) is 0. The Hall–Kier alpha value is -1.02. The molecule has 1 aliphatic rings. The van der Waals surface area contributed by atoms with Crippen LogP contribution in [0.25, 0.3) is 0 Å². The van der Waals surface area contributed by atoms with Crippen molar-refractivity contribution in [2.75, 3.05) is 18.0 Å². The summed E-state index contributed by atoms with van der Waals surface area (Å²) in [5.74, 6) is 0.641. The van der Waals surface area contributed by atoms with Crippen molar-refractivity contribution in [2.24, 2.45) is 11.7 Å². The van der Waals surface area contributed by atoms with Crippen molar-refractivity contribution in [1.29, 1.82) is 0 Å². The smallest absolute Gasteiger partial charge is 0.0400 e. The number of para-hydroxylation sites is 1. The number of hydrogen-bond donors (Lipinski definition) is 1. The highest BCUT2D eigenvalue weighted by molar-refractivity contribution is 5.55. The van der Waals surface area contributed by atoms with Crippen molar-refractivity contribution >= 4 is 5.69 Å². The van der Waals surface area contributed by atoms with Gasteiger partial charge in [0.05, 0.1) is 0 Å². The van der Waals surface area contributed by atoms with E-state index in [2.05, 4.69) is 49.9 Å². The molecule has 0 bridgehead atoms. The number of piperidine rings is 1. The maximum absolute atomic E-state index is 5.84. The summed E-state index contributed by atoms with van der Waals surface area (Å²) >= 11 is 0. The van der Waals surface area contributed by atoms with Gasteiger partial charge in [-0.2, -0.15) is 0 Å². The highest BCUT2D eigenvalue weighted by Gasteiger charge is 2.34. The Morgan fingerprint density at radius 3 is 2.71 bits per heavy atom. The van der Waals surface area contributed by atoms with Crippen LogP contribution in [0.4, 0.5) is 5.69 Å². The molecule has 1 heterocycles. The summed E-state index contributed by atoms with van der Waals surface area (Å²) < 4.78 is 0. The van der Waals surface area contributed by atoms with E-state index >= 15 is 0 Å². The Labute approximate surface area is 105 Å². The SMILES string of the molecule is Cc1ccccc1N1CC(CN)CCC1(C)C. The Balaban J connectivity index is 2.30. The van der Waals surface area contributed by atoms with Crippen LogP contribution in [0.5, 0.6) is 0 Å². The first-order valence-corrected chi connectivity index (χ1v) is 6.58. The third-order valence-corrected chi connectivity index (χ3v) is 4.08. The van der Waals surface area contributed by atoms with E-state index in [1.807, 2.05) is 0 Å². The predicted molar refractivity (Wildman–Crippen MR) is 74.4 cm³/mol. The van der Waals surface area contributed by atoms with Gasteiger partial charge in [0.1, 0.15) is 0 Å². The lowest BCUT2D eigenvalue weighted by molar-refractivity contribution is 0.294. The Morgan fingerprint density at radius 2 is 2.06 bits per heavy atom. The molecule has 0 radical (unpaired) electrons. The molecule has 1 aliphatic heterocycles.